The van der Waals surface area contributed by atoms with Gasteiger partial charge in [0.1, 0.15) is 29.4 Å². The molecule has 8 nitrogen and oxygen atoms in total. The van der Waals surface area contributed by atoms with E-state index in [0.29, 0.717) is 12.8 Å². The standard InChI is InChI=1S/C24H20Cl2F3N5O3/c1-12(33-23(36)24(2-3-24)34-22(35)18-10-30-4-5-31-18)20-17(27)6-13(9-32-20)15-7-14(25)8-16(26)21(15)37-11-19(28)29/h4-10,12,19H,2-3,11H2,1H3,(H,33,36)(H,34,35)/t12-/m1/s1. The number of ether oxygens (including phenoxy) is 1. The highest BCUT2D eigenvalue weighted by Gasteiger charge is 2.51. The molecule has 1 atom stereocenters. The van der Waals surface area contributed by atoms with Gasteiger partial charge >= 0.3 is 0 Å². The van der Waals surface area contributed by atoms with Crippen molar-refractivity contribution in [3.05, 3.63) is 70.2 Å². The Bertz CT molecular complexity index is 1330. The number of nitrogens with one attached hydrogen (secondary N) is 2. The second-order valence-corrected chi connectivity index (χ2v) is 9.22. The predicted molar refractivity (Wildman–Crippen MR) is 129 cm³/mol. The second kappa shape index (κ2) is 10.9. The fraction of sp³-hybridized carbons (Fsp3) is 0.292. The van der Waals surface area contributed by atoms with Gasteiger partial charge in [0.15, 0.2) is 0 Å². The van der Waals surface area contributed by atoms with Crippen molar-refractivity contribution in [2.24, 2.45) is 0 Å². The Labute approximate surface area is 219 Å². The minimum atomic E-state index is -2.75. The third-order valence-corrected chi connectivity index (χ3v) is 6.13. The molecule has 1 saturated carbocycles. The van der Waals surface area contributed by atoms with Crippen LogP contribution in [-0.2, 0) is 4.79 Å². The van der Waals surface area contributed by atoms with Gasteiger partial charge in [-0.25, -0.2) is 18.2 Å². The van der Waals surface area contributed by atoms with Crippen LogP contribution in [0.15, 0.2) is 43.0 Å². The van der Waals surface area contributed by atoms with Crippen molar-refractivity contribution in [1.82, 2.24) is 25.6 Å². The van der Waals surface area contributed by atoms with Gasteiger partial charge in [0.25, 0.3) is 12.3 Å². The van der Waals surface area contributed by atoms with Gasteiger partial charge in [-0.3, -0.25) is 19.6 Å². The topological polar surface area (TPSA) is 106 Å². The molecule has 2 amide bonds. The first-order valence-corrected chi connectivity index (χ1v) is 11.8. The van der Waals surface area contributed by atoms with Gasteiger partial charge in [0.2, 0.25) is 5.91 Å². The molecule has 37 heavy (non-hydrogen) atoms. The normalized spacial score (nSPS) is 14.7. The number of rotatable bonds is 9. The number of carbonyl (C=O) groups is 2. The number of alkyl halides is 2. The van der Waals surface area contributed by atoms with Crippen LogP contribution in [0.1, 0.15) is 42.0 Å². The third kappa shape index (κ3) is 6.11. The summed E-state index contributed by atoms with van der Waals surface area (Å²) >= 11 is 12.2. The maximum atomic E-state index is 15.1. The van der Waals surface area contributed by atoms with Crippen LogP contribution in [0.25, 0.3) is 11.1 Å². The summed E-state index contributed by atoms with van der Waals surface area (Å²) in [6, 6.07) is 2.97. The Balaban J connectivity index is 1.50. The van der Waals surface area contributed by atoms with Crippen LogP contribution in [0.3, 0.4) is 0 Å². The van der Waals surface area contributed by atoms with E-state index in [1.807, 2.05) is 0 Å². The average Bonchev–Trinajstić information content (AvgIpc) is 3.64. The largest absolute Gasteiger partial charge is 0.485 e. The maximum absolute atomic E-state index is 15.1. The Kier molecular flexibility index (Phi) is 7.84. The third-order valence-electron chi connectivity index (χ3n) is 5.63. The number of hydrogen-bond acceptors (Lipinski definition) is 6. The van der Waals surface area contributed by atoms with E-state index in [4.69, 9.17) is 27.9 Å². The lowest BCUT2D eigenvalue weighted by molar-refractivity contribution is -0.124. The zero-order valence-electron chi connectivity index (χ0n) is 19.3. The number of benzene rings is 1. The summed E-state index contributed by atoms with van der Waals surface area (Å²) in [4.78, 5) is 37.2. The molecule has 194 valence electrons. The number of aromatic nitrogens is 3. The number of hydrogen-bond donors (Lipinski definition) is 2. The Hall–Kier alpha value is -3.44. The number of nitrogens with zero attached hydrogens (tertiary/aromatic N) is 3. The van der Waals surface area contributed by atoms with Gasteiger partial charge in [-0.2, -0.15) is 0 Å². The maximum Gasteiger partial charge on any atom is 0.272 e. The molecule has 1 aliphatic rings. The lowest BCUT2D eigenvalue weighted by Crippen LogP contribution is -2.49. The zero-order valence-corrected chi connectivity index (χ0v) is 20.8. The molecule has 0 spiro atoms. The highest BCUT2D eigenvalue weighted by Crippen LogP contribution is 2.40. The van der Waals surface area contributed by atoms with Crippen molar-refractivity contribution >= 4 is 35.0 Å². The summed E-state index contributed by atoms with van der Waals surface area (Å²) in [5.74, 6) is -1.90. The van der Waals surface area contributed by atoms with Crippen molar-refractivity contribution in [3.8, 4) is 16.9 Å². The molecule has 0 bridgehead atoms. The number of halogens is 5. The van der Waals surface area contributed by atoms with Gasteiger partial charge in [-0.1, -0.05) is 23.2 Å². The van der Waals surface area contributed by atoms with Crippen LogP contribution in [0, 0.1) is 5.82 Å². The van der Waals surface area contributed by atoms with E-state index < -0.39 is 42.2 Å². The molecule has 2 aromatic heterocycles. The van der Waals surface area contributed by atoms with Gasteiger partial charge in [-0.05, 0) is 38.0 Å². The van der Waals surface area contributed by atoms with Crippen LogP contribution in [0.4, 0.5) is 13.2 Å². The first-order valence-electron chi connectivity index (χ1n) is 11.0. The number of pyridine rings is 1. The van der Waals surface area contributed by atoms with Crippen LogP contribution in [0.2, 0.25) is 10.0 Å². The summed E-state index contributed by atoms with van der Waals surface area (Å²) in [6.45, 7) is 0.623. The summed E-state index contributed by atoms with van der Waals surface area (Å²) in [5, 5.41) is 5.50. The SMILES string of the molecule is C[C@@H](NC(=O)C1(NC(=O)c2cnccn2)CC1)c1ncc(-c2cc(Cl)cc(Cl)c2OCC(F)F)cc1F. The molecule has 13 heteroatoms. The van der Waals surface area contributed by atoms with Gasteiger partial charge in [-0.15, -0.1) is 0 Å². The molecule has 1 fully saturated rings. The number of carbonyl (C=O) groups excluding carboxylic acids is 2. The van der Waals surface area contributed by atoms with Crippen LogP contribution >= 0.6 is 23.2 Å². The first-order chi connectivity index (χ1) is 17.6. The Morgan fingerprint density at radius 1 is 1.14 bits per heavy atom. The van der Waals surface area contributed by atoms with E-state index >= 15 is 4.39 Å². The minimum Gasteiger partial charge on any atom is -0.485 e. The van der Waals surface area contributed by atoms with E-state index in [9.17, 15) is 18.4 Å². The second-order valence-electron chi connectivity index (χ2n) is 8.38. The molecule has 3 aromatic rings. The Morgan fingerprint density at radius 3 is 2.51 bits per heavy atom. The fourth-order valence-electron chi connectivity index (χ4n) is 3.62. The Morgan fingerprint density at radius 2 is 1.89 bits per heavy atom. The average molecular weight is 554 g/mol. The van der Waals surface area contributed by atoms with Crippen molar-refractivity contribution in [3.63, 3.8) is 0 Å². The molecule has 2 N–H and O–H groups in total. The van der Waals surface area contributed by atoms with Crippen LogP contribution < -0.4 is 15.4 Å². The van der Waals surface area contributed by atoms with Gasteiger partial charge < -0.3 is 15.4 Å². The molecule has 1 aromatic carbocycles. The summed E-state index contributed by atoms with van der Waals surface area (Å²) in [5.41, 5.74) is -0.777. The monoisotopic (exact) mass is 553 g/mol. The highest BCUT2D eigenvalue weighted by atomic mass is 35.5. The van der Waals surface area contributed by atoms with Gasteiger partial charge in [0.05, 0.1) is 23.0 Å². The lowest BCUT2D eigenvalue weighted by atomic mass is 10.0. The fourth-order valence-corrected chi connectivity index (χ4v) is 4.16. The van der Waals surface area contributed by atoms with Crippen LogP contribution in [0.5, 0.6) is 5.75 Å². The minimum absolute atomic E-state index is 0.0217. The molecule has 0 aliphatic heterocycles. The molecule has 4 rings (SSSR count). The molecule has 0 unspecified atom stereocenters. The quantitative estimate of drug-likeness (QED) is 0.395. The zero-order chi connectivity index (χ0) is 26.7. The molecular weight excluding hydrogens is 534 g/mol. The molecule has 0 radical (unpaired) electrons. The lowest BCUT2D eigenvalue weighted by Gasteiger charge is -2.21. The van der Waals surface area contributed by atoms with E-state index in [0.717, 1.165) is 6.07 Å². The molecular formula is C24H20Cl2F3N5O3. The summed E-state index contributed by atoms with van der Waals surface area (Å²) in [6.07, 6.45) is 3.42. The van der Waals surface area contributed by atoms with Crippen molar-refractivity contribution < 1.29 is 27.5 Å². The highest BCUT2D eigenvalue weighted by molar-refractivity contribution is 6.36. The molecule has 1 aliphatic carbocycles. The summed E-state index contributed by atoms with van der Waals surface area (Å²) in [7, 11) is 0. The van der Waals surface area contributed by atoms with E-state index in [1.165, 1.54) is 43.8 Å². The van der Waals surface area contributed by atoms with E-state index in [-0.39, 0.29) is 38.3 Å². The number of amides is 2. The van der Waals surface area contributed by atoms with E-state index in [1.54, 1.807) is 0 Å². The van der Waals surface area contributed by atoms with E-state index in [2.05, 4.69) is 25.6 Å². The van der Waals surface area contributed by atoms with Crippen molar-refractivity contribution in [2.75, 3.05) is 6.61 Å². The predicted octanol–water partition coefficient (Wildman–Crippen LogP) is 4.77. The van der Waals surface area contributed by atoms with Crippen molar-refractivity contribution in [1.29, 1.82) is 0 Å². The van der Waals surface area contributed by atoms with Gasteiger partial charge in [0, 0.05) is 34.7 Å². The molecule has 2 heterocycles. The summed E-state index contributed by atoms with van der Waals surface area (Å²) < 4.78 is 45.6. The molecule has 0 saturated heterocycles. The first kappa shape index (κ1) is 26.6. The smallest absolute Gasteiger partial charge is 0.272 e. The van der Waals surface area contributed by atoms with Crippen LogP contribution in [-0.4, -0.2) is 45.3 Å². The van der Waals surface area contributed by atoms with Crippen molar-refractivity contribution in [2.45, 2.75) is 37.8 Å².